The second-order valence-corrected chi connectivity index (χ2v) is 3.80. The number of hydrogen-bond donors (Lipinski definition) is 1. The summed E-state index contributed by atoms with van der Waals surface area (Å²) in [6.45, 7) is 3.93. The van der Waals surface area contributed by atoms with Crippen LogP contribution in [-0.4, -0.2) is 19.8 Å². The zero-order chi connectivity index (χ0) is 10.7. The van der Waals surface area contributed by atoms with Gasteiger partial charge in [-0.2, -0.15) is 0 Å². The van der Waals surface area contributed by atoms with Crippen LogP contribution in [0.15, 0.2) is 24.3 Å². The fraction of sp³-hybridized carbons (Fsp3) is 0.500. The van der Waals surface area contributed by atoms with Crippen molar-refractivity contribution in [3.8, 4) is 0 Å². The Hall–Kier alpha value is -0.900. The molecule has 0 spiro atoms. The van der Waals surface area contributed by atoms with Gasteiger partial charge >= 0.3 is 0 Å². The quantitative estimate of drug-likeness (QED) is 0.817. The molecular formula is C12H17NO2. The lowest BCUT2D eigenvalue weighted by molar-refractivity contribution is -0.169. The van der Waals surface area contributed by atoms with E-state index < -0.39 is 5.79 Å². The summed E-state index contributed by atoms with van der Waals surface area (Å²) in [5.74, 6) is -0.597. The topological polar surface area (TPSA) is 44.5 Å². The van der Waals surface area contributed by atoms with Crippen LogP contribution in [0, 0.1) is 6.92 Å². The van der Waals surface area contributed by atoms with Crippen molar-refractivity contribution in [2.75, 3.05) is 19.8 Å². The van der Waals surface area contributed by atoms with Crippen molar-refractivity contribution >= 4 is 0 Å². The Morgan fingerprint density at radius 3 is 2.53 bits per heavy atom. The first-order valence-corrected chi connectivity index (χ1v) is 5.32. The molecule has 0 bridgehead atoms. The number of nitrogens with two attached hydrogens (primary N) is 1. The van der Waals surface area contributed by atoms with Crippen LogP contribution in [0.1, 0.15) is 17.5 Å². The molecule has 2 N–H and O–H groups in total. The lowest BCUT2D eigenvalue weighted by Crippen LogP contribution is -2.31. The van der Waals surface area contributed by atoms with Crippen molar-refractivity contribution in [2.24, 2.45) is 5.73 Å². The van der Waals surface area contributed by atoms with Gasteiger partial charge in [0.2, 0.25) is 0 Å². The molecule has 1 aromatic carbocycles. The maximum Gasteiger partial charge on any atom is 0.196 e. The van der Waals surface area contributed by atoms with E-state index in [9.17, 15) is 0 Å². The van der Waals surface area contributed by atoms with Gasteiger partial charge in [0.25, 0.3) is 0 Å². The van der Waals surface area contributed by atoms with Crippen LogP contribution < -0.4 is 5.73 Å². The second kappa shape index (κ2) is 4.31. The maximum atomic E-state index is 5.75. The summed E-state index contributed by atoms with van der Waals surface area (Å²) in [4.78, 5) is 0. The summed E-state index contributed by atoms with van der Waals surface area (Å²) >= 11 is 0. The molecule has 0 aliphatic carbocycles. The first kappa shape index (κ1) is 10.6. The Labute approximate surface area is 90.2 Å². The Balaban J connectivity index is 2.36. The monoisotopic (exact) mass is 207 g/mol. The van der Waals surface area contributed by atoms with Gasteiger partial charge < -0.3 is 15.2 Å². The summed E-state index contributed by atoms with van der Waals surface area (Å²) in [7, 11) is 0. The zero-order valence-corrected chi connectivity index (χ0v) is 9.03. The second-order valence-electron chi connectivity index (χ2n) is 3.80. The summed E-state index contributed by atoms with van der Waals surface area (Å²) in [5.41, 5.74) is 7.91. The van der Waals surface area contributed by atoms with Crippen molar-refractivity contribution in [2.45, 2.75) is 19.1 Å². The minimum Gasteiger partial charge on any atom is -0.343 e. The SMILES string of the molecule is Cc1ccccc1C1(CCN)OCCO1. The highest BCUT2D eigenvalue weighted by molar-refractivity contribution is 5.30. The fourth-order valence-electron chi connectivity index (χ4n) is 2.08. The lowest BCUT2D eigenvalue weighted by Gasteiger charge is -2.28. The van der Waals surface area contributed by atoms with E-state index in [4.69, 9.17) is 15.2 Å². The zero-order valence-electron chi connectivity index (χ0n) is 9.03. The van der Waals surface area contributed by atoms with Crippen LogP contribution in [-0.2, 0) is 15.3 Å². The molecule has 1 saturated heterocycles. The molecule has 1 aliphatic rings. The Bertz CT molecular complexity index is 332. The Kier molecular flexibility index (Phi) is 3.05. The number of benzene rings is 1. The average molecular weight is 207 g/mol. The van der Waals surface area contributed by atoms with Crippen molar-refractivity contribution in [1.82, 2.24) is 0 Å². The first-order chi connectivity index (χ1) is 7.28. The van der Waals surface area contributed by atoms with E-state index in [2.05, 4.69) is 19.1 Å². The van der Waals surface area contributed by atoms with Crippen molar-refractivity contribution in [3.05, 3.63) is 35.4 Å². The molecular weight excluding hydrogens is 190 g/mol. The van der Waals surface area contributed by atoms with E-state index in [0.29, 0.717) is 26.2 Å². The van der Waals surface area contributed by atoms with E-state index in [1.165, 1.54) is 5.56 Å². The van der Waals surface area contributed by atoms with Crippen LogP contribution in [0.25, 0.3) is 0 Å². The minimum atomic E-state index is -0.597. The molecule has 82 valence electrons. The number of aryl methyl sites for hydroxylation is 1. The van der Waals surface area contributed by atoms with Gasteiger partial charge in [0, 0.05) is 12.0 Å². The first-order valence-electron chi connectivity index (χ1n) is 5.32. The van der Waals surface area contributed by atoms with Crippen LogP contribution in [0.3, 0.4) is 0 Å². The molecule has 3 nitrogen and oxygen atoms in total. The molecule has 1 aliphatic heterocycles. The summed E-state index contributed by atoms with van der Waals surface area (Å²) < 4.78 is 11.5. The summed E-state index contributed by atoms with van der Waals surface area (Å²) in [6, 6.07) is 8.14. The minimum absolute atomic E-state index is 0.564. The molecule has 0 aromatic heterocycles. The van der Waals surface area contributed by atoms with Gasteiger partial charge in [-0.3, -0.25) is 0 Å². The highest BCUT2D eigenvalue weighted by Gasteiger charge is 2.38. The number of rotatable bonds is 3. The Morgan fingerprint density at radius 1 is 1.27 bits per heavy atom. The standard InChI is InChI=1S/C12H17NO2/c1-10-4-2-3-5-11(10)12(6-7-13)14-8-9-15-12/h2-5H,6-9,13H2,1H3. The molecule has 1 aromatic rings. The third-order valence-electron chi connectivity index (χ3n) is 2.78. The molecule has 1 heterocycles. The predicted octanol–water partition coefficient (Wildman–Crippen LogP) is 1.54. The highest BCUT2D eigenvalue weighted by atomic mass is 16.7. The lowest BCUT2D eigenvalue weighted by atomic mass is 9.97. The summed E-state index contributed by atoms with van der Waals surface area (Å²) in [6.07, 6.45) is 0.706. The van der Waals surface area contributed by atoms with Crippen LogP contribution in [0.4, 0.5) is 0 Å². The molecule has 0 amide bonds. The van der Waals surface area contributed by atoms with Crippen LogP contribution >= 0.6 is 0 Å². The fourth-order valence-corrected chi connectivity index (χ4v) is 2.08. The maximum absolute atomic E-state index is 5.75. The van der Waals surface area contributed by atoms with Gasteiger partial charge in [-0.15, -0.1) is 0 Å². The molecule has 15 heavy (non-hydrogen) atoms. The normalized spacial score (nSPS) is 19.3. The molecule has 3 heteroatoms. The van der Waals surface area contributed by atoms with Crippen LogP contribution in [0.2, 0.25) is 0 Å². The third-order valence-corrected chi connectivity index (χ3v) is 2.78. The average Bonchev–Trinajstić information content (AvgIpc) is 2.69. The van der Waals surface area contributed by atoms with Crippen molar-refractivity contribution < 1.29 is 9.47 Å². The smallest absolute Gasteiger partial charge is 0.196 e. The van der Waals surface area contributed by atoms with E-state index >= 15 is 0 Å². The molecule has 0 unspecified atom stereocenters. The molecule has 1 fully saturated rings. The molecule has 0 radical (unpaired) electrons. The van der Waals surface area contributed by atoms with E-state index in [1.54, 1.807) is 0 Å². The molecule has 2 rings (SSSR count). The number of hydrogen-bond acceptors (Lipinski definition) is 3. The Morgan fingerprint density at radius 2 is 1.93 bits per heavy atom. The van der Waals surface area contributed by atoms with Gasteiger partial charge in [0.05, 0.1) is 13.2 Å². The van der Waals surface area contributed by atoms with E-state index in [1.807, 2.05) is 12.1 Å². The summed E-state index contributed by atoms with van der Waals surface area (Å²) in [5, 5.41) is 0. The van der Waals surface area contributed by atoms with Crippen LogP contribution in [0.5, 0.6) is 0 Å². The van der Waals surface area contributed by atoms with E-state index in [-0.39, 0.29) is 0 Å². The van der Waals surface area contributed by atoms with Gasteiger partial charge in [-0.1, -0.05) is 24.3 Å². The highest BCUT2D eigenvalue weighted by Crippen LogP contribution is 2.35. The van der Waals surface area contributed by atoms with Gasteiger partial charge in [0.1, 0.15) is 0 Å². The largest absolute Gasteiger partial charge is 0.343 e. The van der Waals surface area contributed by atoms with Crippen molar-refractivity contribution in [1.29, 1.82) is 0 Å². The van der Waals surface area contributed by atoms with Gasteiger partial charge in [-0.05, 0) is 19.0 Å². The van der Waals surface area contributed by atoms with E-state index in [0.717, 1.165) is 5.56 Å². The van der Waals surface area contributed by atoms with Gasteiger partial charge in [0.15, 0.2) is 5.79 Å². The number of ether oxygens (including phenoxy) is 2. The van der Waals surface area contributed by atoms with Crippen molar-refractivity contribution in [3.63, 3.8) is 0 Å². The molecule has 0 saturated carbocycles. The third kappa shape index (κ3) is 1.91. The molecule has 0 atom stereocenters. The predicted molar refractivity (Wildman–Crippen MR) is 58.4 cm³/mol. The van der Waals surface area contributed by atoms with Gasteiger partial charge in [-0.25, -0.2) is 0 Å².